The third kappa shape index (κ3) is 3.34. The Hall–Kier alpha value is -1.92. The maximum absolute atomic E-state index is 12.0. The SMILES string of the molecule is CS(=O)(=O)c1cccc(NC(=O)c2ccncc2Cl)c1. The number of carbonyl (C=O) groups is 1. The van der Waals surface area contributed by atoms with Gasteiger partial charge in [0.05, 0.1) is 15.5 Å². The largest absolute Gasteiger partial charge is 0.322 e. The number of sulfone groups is 1. The number of carbonyl (C=O) groups excluding carboxylic acids is 1. The molecule has 2 rings (SSSR count). The molecule has 0 aliphatic rings. The highest BCUT2D eigenvalue weighted by atomic mass is 35.5. The predicted octanol–water partition coefficient (Wildman–Crippen LogP) is 2.39. The van der Waals surface area contributed by atoms with E-state index < -0.39 is 15.7 Å². The summed E-state index contributed by atoms with van der Waals surface area (Å²) in [5, 5.41) is 2.82. The highest BCUT2D eigenvalue weighted by Crippen LogP contribution is 2.18. The van der Waals surface area contributed by atoms with Crippen LogP contribution in [-0.4, -0.2) is 25.6 Å². The average molecular weight is 311 g/mol. The first-order chi connectivity index (χ1) is 9.38. The summed E-state index contributed by atoms with van der Waals surface area (Å²) in [7, 11) is -3.32. The highest BCUT2D eigenvalue weighted by Gasteiger charge is 2.12. The van der Waals surface area contributed by atoms with E-state index in [0.29, 0.717) is 5.69 Å². The number of hydrogen-bond acceptors (Lipinski definition) is 4. The summed E-state index contributed by atoms with van der Waals surface area (Å²) < 4.78 is 22.9. The van der Waals surface area contributed by atoms with Gasteiger partial charge in [0.1, 0.15) is 0 Å². The van der Waals surface area contributed by atoms with E-state index in [9.17, 15) is 13.2 Å². The van der Waals surface area contributed by atoms with E-state index in [1.165, 1.54) is 30.6 Å². The van der Waals surface area contributed by atoms with Gasteiger partial charge in [0.25, 0.3) is 5.91 Å². The van der Waals surface area contributed by atoms with Crippen LogP contribution in [0.25, 0.3) is 0 Å². The molecular formula is C13H11ClN2O3S. The topological polar surface area (TPSA) is 76.1 Å². The zero-order chi connectivity index (χ0) is 14.8. The normalized spacial score (nSPS) is 11.1. The van der Waals surface area contributed by atoms with Crippen LogP contribution >= 0.6 is 11.6 Å². The van der Waals surface area contributed by atoms with Gasteiger partial charge in [-0.2, -0.15) is 0 Å². The zero-order valence-electron chi connectivity index (χ0n) is 10.5. The Morgan fingerprint density at radius 1 is 1.30 bits per heavy atom. The second-order valence-electron chi connectivity index (χ2n) is 4.11. The Morgan fingerprint density at radius 3 is 2.70 bits per heavy atom. The Bertz CT molecular complexity index is 760. The molecular weight excluding hydrogens is 300 g/mol. The van der Waals surface area contributed by atoms with Gasteiger partial charge in [-0.05, 0) is 24.3 Å². The molecule has 0 saturated carbocycles. The monoisotopic (exact) mass is 310 g/mol. The molecule has 1 aromatic carbocycles. The van der Waals surface area contributed by atoms with Gasteiger partial charge >= 0.3 is 0 Å². The molecule has 1 heterocycles. The number of amides is 1. The number of nitrogens with one attached hydrogen (secondary N) is 1. The Morgan fingerprint density at radius 2 is 2.05 bits per heavy atom. The summed E-state index contributed by atoms with van der Waals surface area (Å²) in [5.41, 5.74) is 0.650. The minimum Gasteiger partial charge on any atom is -0.322 e. The molecule has 0 unspecified atom stereocenters. The second kappa shape index (κ2) is 5.60. The molecule has 0 atom stereocenters. The Labute approximate surface area is 121 Å². The second-order valence-corrected chi connectivity index (χ2v) is 6.53. The molecule has 2 aromatic rings. The Kier molecular flexibility index (Phi) is 4.06. The third-order valence-corrected chi connectivity index (χ3v) is 3.95. The standard InChI is InChI=1S/C13H11ClN2O3S/c1-20(18,19)10-4-2-3-9(7-10)16-13(17)11-5-6-15-8-12(11)14/h2-8H,1H3,(H,16,17). The van der Waals surface area contributed by atoms with Crippen molar-refractivity contribution in [2.45, 2.75) is 4.90 Å². The van der Waals surface area contributed by atoms with E-state index in [0.717, 1.165) is 6.26 Å². The first-order valence-corrected chi connectivity index (χ1v) is 7.86. The van der Waals surface area contributed by atoms with Gasteiger partial charge in [-0.25, -0.2) is 8.42 Å². The molecule has 0 spiro atoms. The molecule has 0 aliphatic carbocycles. The zero-order valence-corrected chi connectivity index (χ0v) is 12.1. The smallest absolute Gasteiger partial charge is 0.257 e. The molecule has 1 N–H and O–H groups in total. The van der Waals surface area contributed by atoms with E-state index in [1.807, 2.05) is 0 Å². The van der Waals surface area contributed by atoms with Crippen molar-refractivity contribution in [3.8, 4) is 0 Å². The highest BCUT2D eigenvalue weighted by molar-refractivity contribution is 7.90. The summed E-state index contributed by atoms with van der Waals surface area (Å²) in [6.07, 6.45) is 3.92. The number of anilines is 1. The maximum atomic E-state index is 12.0. The van der Waals surface area contributed by atoms with Gasteiger partial charge in [-0.1, -0.05) is 17.7 Å². The lowest BCUT2D eigenvalue weighted by Crippen LogP contribution is -2.13. The van der Waals surface area contributed by atoms with Crippen molar-refractivity contribution in [2.75, 3.05) is 11.6 Å². The quantitative estimate of drug-likeness (QED) is 0.944. The fraction of sp³-hybridized carbons (Fsp3) is 0.0769. The molecule has 0 fully saturated rings. The first-order valence-electron chi connectivity index (χ1n) is 5.59. The Balaban J connectivity index is 2.27. The van der Waals surface area contributed by atoms with E-state index in [4.69, 9.17) is 11.6 Å². The van der Waals surface area contributed by atoms with Crippen molar-refractivity contribution in [1.29, 1.82) is 0 Å². The summed E-state index contributed by atoms with van der Waals surface area (Å²) in [5.74, 6) is -0.428. The average Bonchev–Trinajstić information content (AvgIpc) is 2.38. The molecule has 1 amide bonds. The van der Waals surface area contributed by atoms with Crippen LogP contribution in [0.5, 0.6) is 0 Å². The third-order valence-electron chi connectivity index (χ3n) is 2.54. The first kappa shape index (κ1) is 14.5. The molecule has 0 saturated heterocycles. The number of pyridine rings is 1. The van der Waals surface area contributed by atoms with E-state index in [-0.39, 0.29) is 15.5 Å². The van der Waals surface area contributed by atoms with Crippen LogP contribution < -0.4 is 5.32 Å². The molecule has 0 radical (unpaired) electrons. The molecule has 5 nitrogen and oxygen atoms in total. The van der Waals surface area contributed by atoms with Crippen molar-refractivity contribution in [3.05, 3.63) is 53.3 Å². The minimum absolute atomic E-state index is 0.135. The lowest BCUT2D eigenvalue weighted by molar-refractivity contribution is 0.102. The molecule has 1 aromatic heterocycles. The lowest BCUT2D eigenvalue weighted by atomic mass is 10.2. The van der Waals surface area contributed by atoms with Crippen LogP contribution in [0.1, 0.15) is 10.4 Å². The van der Waals surface area contributed by atoms with Crippen LogP contribution in [0.3, 0.4) is 0 Å². The van der Waals surface area contributed by atoms with E-state index >= 15 is 0 Å². The van der Waals surface area contributed by atoms with Crippen molar-refractivity contribution < 1.29 is 13.2 Å². The van der Waals surface area contributed by atoms with Gasteiger partial charge in [0, 0.05) is 24.3 Å². The minimum atomic E-state index is -3.32. The van der Waals surface area contributed by atoms with Gasteiger partial charge < -0.3 is 5.32 Å². The summed E-state index contributed by atoms with van der Waals surface area (Å²) in [6.45, 7) is 0. The molecule has 7 heteroatoms. The van der Waals surface area contributed by atoms with Crippen molar-refractivity contribution in [1.82, 2.24) is 4.98 Å². The number of aromatic nitrogens is 1. The summed E-state index contributed by atoms with van der Waals surface area (Å²) in [6, 6.07) is 7.49. The van der Waals surface area contributed by atoms with Gasteiger partial charge in [0.2, 0.25) is 0 Å². The molecule has 0 aliphatic heterocycles. The fourth-order valence-electron chi connectivity index (χ4n) is 1.56. The molecule has 0 bridgehead atoms. The van der Waals surface area contributed by atoms with Crippen LogP contribution in [0.15, 0.2) is 47.6 Å². The summed E-state index contributed by atoms with van der Waals surface area (Å²) in [4.78, 5) is 15.9. The number of halogens is 1. The molecule has 20 heavy (non-hydrogen) atoms. The molecule has 104 valence electrons. The number of rotatable bonds is 3. The van der Waals surface area contributed by atoms with Crippen LogP contribution in [-0.2, 0) is 9.84 Å². The van der Waals surface area contributed by atoms with Crippen LogP contribution in [0.4, 0.5) is 5.69 Å². The van der Waals surface area contributed by atoms with E-state index in [1.54, 1.807) is 12.1 Å². The van der Waals surface area contributed by atoms with Gasteiger partial charge in [0.15, 0.2) is 9.84 Å². The number of hydrogen-bond donors (Lipinski definition) is 1. The maximum Gasteiger partial charge on any atom is 0.257 e. The van der Waals surface area contributed by atoms with E-state index in [2.05, 4.69) is 10.3 Å². The predicted molar refractivity (Wildman–Crippen MR) is 76.8 cm³/mol. The lowest BCUT2D eigenvalue weighted by Gasteiger charge is -2.07. The van der Waals surface area contributed by atoms with Gasteiger partial charge in [-0.3, -0.25) is 9.78 Å². The fourth-order valence-corrected chi connectivity index (χ4v) is 2.43. The van der Waals surface area contributed by atoms with Gasteiger partial charge in [-0.15, -0.1) is 0 Å². The van der Waals surface area contributed by atoms with Crippen LogP contribution in [0.2, 0.25) is 5.02 Å². The van der Waals surface area contributed by atoms with Crippen LogP contribution in [0, 0.1) is 0 Å². The number of benzene rings is 1. The van der Waals surface area contributed by atoms with Crippen molar-refractivity contribution in [3.63, 3.8) is 0 Å². The summed E-state index contributed by atoms with van der Waals surface area (Å²) >= 11 is 5.87. The van der Waals surface area contributed by atoms with Crippen molar-refractivity contribution in [2.24, 2.45) is 0 Å². The van der Waals surface area contributed by atoms with Crippen molar-refractivity contribution >= 4 is 33.0 Å². The number of nitrogens with zero attached hydrogens (tertiary/aromatic N) is 1.